The van der Waals surface area contributed by atoms with Gasteiger partial charge in [0.05, 0.1) is 5.25 Å². The van der Waals surface area contributed by atoms with Crippen molar-refractivity contribution in [3.05, 3.63) is 50.9 Å². The van der Waals surface area contributed by atoms with Crippen molar-refractivity contribution in [2.24, 2.45) is 0 Å². The number of hydrogen-bond donors (Lipinski definition) is 2. The van der Waals surface area contributed by atoms with Crippen LogP contribution in [-0.4, -0.2) is 21.1 Å². The topological polar surface area (TPSA) is 74.8 Å². The number of benzene rings is 1. The van der Waals surface area contributed by atoms with E-state index in [1.807, 2.05) is 19.9 Å². The van der Waals surface area contributed by atoms with Crippen molar-refractivity contribution in [2.75, 3.05) is 5.32 Å². The second-order valence-corrected chi connectivity index (χ2v) is 7.24. The van der Waals surface area contributed by atoms with E-state index in [0.717, 1.165) is 24.1 Å². The summed E-state index contributed by atoms with van der Waals surface area (Å²) in [5.41, 5.74) is 2.13. The average Bonchev–Trinajstić information content (AvgIpc) is 2.50. The third-order valence-electron chi connectivity index (χ3n) is 3.38. The molecule has 0 aliphatic heterocycles. The summed E-state index contributed by atoms with van der Waals surface area (Å²) in [4.78, 5) is 31.0. The minimum atomic E-state index is -0.412. The largest absolute Gasteiger partial charge is 0.325 e. The molecule has 0 spiro atoms. The summed E-state index contributed by atoms with van der Waals surface area (Å²) in [6, 6.07) is 6.86. The highest BCUT2D eigenvalue weighted by atomic mass is 35.5. The van der Waals surface area contributed by atoms with Crippen LogP contribution < -0.4 is 10.9 Å². The molecule has 0 saturated heterocycles. The smallest absolute Gasteiger partial charge is 0.251 e. The molecular formula is C17H20ClN3O2S. The molecule has 2 N–H and O–H groups in total. The molecule has 2 aromatic rings. The van der Waals surface area contributed by atoms with Gasteiger partial charge in [0.25, 0.3) is 5.56 Å². The second-order valence-electron chi connectivity index (χ2n) is 5.51. The Morgan fingerprint density at radius 2 is 2.17 bits per heavy atom. The van der Waals surface area contributed by atoms with E-state index >= 15 is 0 Å². The van der Waals surface area contributed by atoms with Crippen molar-refractivity contribution in [3.8, 4) is 0 Å². The molecule has 0 radical (unpaired) electrons. The number of anilines is 1. The Morgan fingerprint density at radius 3 is 2.83 bits per heavy atom. The fourth-order valence-electron chi connectivity index (χ4n) is 2.06. The molecule has 1 unspecified atom stereocenters. The fraction of sp³-hybridized carbons (Fsp3) is 0.353. The SMILES string of the molecule is CCCc1cc(=O)[nH]c(SC(C)C(=O)Nc2ccc(C)c(Cl)c2)n1. The van der Waals surface area contributed by atoms with Gasteiger partial charge in [-0.05, 0) is 38.0 Å². The number of aryl methyl sites for hydroxylation is 2. The predicted octanol–water partition coefficient (Wildman–Crippen LogP) is 3.80. The Bertz CT molecular complexity index is 792. The number of thioether (sulfide) groups is 1. The van der Waals surface area contributed by atoms with E-state index in [-0.39, 0.29) is 11.5 Å². The van der Waals surface area contributed by atoms with Crippen molar-refractivity contribution in [1.82, 2.24) is 9.97 Å². The Balaban J connectivity index is 2.05. The van der Waals surface area contributed by atoms with Crippen LogP contribution in [0.1, 0.15) is 31.5 Å². The summed E-state index contributed by atoms with van der Waals surface area (Å²) in [6.45, 7) is 5.69. The maximum absolute atomic E-state index is 12.3. The van der Waals surface area contributed by atoms with Gasteiger partial charge >= 0.3 is 0 Å². The van der Waals surface area contributed by atoms with Gasteiger partial charge in [-0.15, -0.1) is 0 Å². The third-order valence-corrected chi connectivity index (χ3v) is 4.77. The number of hydrogen-bond acceptors (Lipinski definition) is 4. The number of nitrogens with one attached hydrogen (secondary N) is 2. The van der Waals surface area contributed by atoms with Crippen molar-refractivity contribution >= 4 is 35.0 Å². The Hall–Kier alpha value is -1.79. The first-order chi connectivity index (χ1) is 11.4. The normalized spacial score (nSPS) is 12.0. The molecule has 0 fully saturated rings. The van der Waals surface area contributed by atoms with Crippen molar-refractivity contribution in [1.29, 1.82) is 0 Å². The number of amides is 1. The minimum Gasteiger partial charge on any atom is -0.325 e. The van der Waals surface area contributed by atoms with Crippen LogP contribution in [0.25, 0.3) is 0 Å². The molecule has 1 aromatic heterocycles. The van der Waals surface area contributed by atoms with Gasteiger partial charge in [0, 0.05) is 22.5 Å². The lowest BCUT2D eigenvalue weighted by molar-refractivity contribution is -0.115. The quantitative estimate of drug-likeness (QED) is 0.603. The predicted molar refractivity (Wildman–Crippen MR) is 99.0 cm³/mol. The van der Waals surface area contributed by atoms with Crippen LogP contribution in [0.5, 0.6) is 0 Å². The van der Waals surface area contributed by atoms with Crippen LogP contribution in [0.4, 0.5) is 5.69 Å². The van der Waals surface area contributed by atoms with Gasteiger partial charge in [-0.25, -0.2) is 4.98 Å². The number of carbonyl (C=O) groups excluding carboxylic acids is 1. The number of aromatic amines is 1. The number of nitrogens with zero attached hydrogens (tertiary/aromatic N) is 1. The summed E-state index contributed by atoms with van der Waals surface area (Å²) in [5.74, 6) is -0.177. The van der Waals surface area contributed by atoms with Gasteiger partial charge in [-0.1, -0.05) is 42.8 Å². The molecule has 0 aliphatic rings. The molecule has 0 bridgehead atoms. The van der Waals surface area contributed by atoms with Crippen LogP contribution in [0.15, 0.2) is 34.2 Å². The maximum atomic E-state index is 12.3. The van der Waals surface area contributed by atoms with Crippen molar-refractivity contribution in [2.45, 2.75) is 44.0 Å². The van der Waals surface area contributed by atoms with Gasteiger partial charge in [0.15, 0.2) is 5.16 Å². The van der Waals surface area contributed by atoms with Gasteiger partial charge in [0.2, 0.25) is 5.91 Å². The first kappa shape index (κ1) is 18.5. The van der Waals surface area contributed by atoms with Crippen LogP contribution in [0.3, 0.4) is 0 Å². The first-order valence-electron chi connectivity index (χ1n) is 7.73. The molecular weight excluding hydrogens is 346 g/mol. The molecule has 1 atom stereocenters. The van der Waals surface area contributed by atoms with Crippen molar-refractivity contribution < 1.29 is 4.79 Å². The highest BCUT2D eigenvalue weighted by Crippen LogP contribution is 2.23. The monoisotopic (exact) mass is 365 g/mol. The van der Waals surface area contributed by atoms with Crippen LogP contribution in [-0.2, 0) is 11.2 Å². The lowest BCUT2D eigenvalue weighted by Crippen LogP contribution is -2.23. The first-order valence-corrected chi connectivity index (χ1v) is 8.98. The minimum absolute atomic E-state index is 0.177. The summed E-state index contributed by atoms with van der Waals surface area (Å²) in [6.07, 6.45) is 1.64. The van der Waals surface area contributed by atoms with Crippen LogP contribution >= 0.6 is 23.4 Å². The Kier molecular flexibility index (Phi) is 6.45. The van der Waals surface area contributed by atoms with E-state index in [1.54, 1.807) is 19.1 Å². The summed E-state index contributed by atoms with van der Waals surface area (Å²) < 4.78 is 0. The van der Waals surface area contributed by atoms with E-state index in [1.165, 1.54) is 17.8 Å². The molecule has 1 amide bonds. The zero-order chi connectivity index (χ0) is 17.7. The van der Waals surface area contributed by atoms with Gasteiger partial charge in [0.1, 0.15) is 0 Å². The van der Waals surface area contributed by atoms with Crippen LogP contribution in [0, 0.1) is 6.92 Å². The Morgan fingerprint density at radius 1 is 1.42 bits per heavy atom. The molecule has 7 heteroatoms. The number of aromatic nitrogens is 2. The zero-order valence-corrected chi connectivity index (χ0v) is 15.4. The lowest BCUT2D eigenvalue weighted by Gasteiger charge is -2.12. The summed E-state index contributed by atoms with van der Waals surface area (Å²) >= 11 is 7.29. The molecule has 2 rings (SSSR count). The molecule has 0 aliphatic carbocycles. The number of H-pyrrole nitrogens is 1. The Labute approximate surface area is 150 Å². The highest BCUT2D eigenvalue weighted by molar-refractivity contribution is 8.00. The molecule has 24 heavy (non-hydrogen) atoms. The average molecular weight is 366 g/mol. The number of halogens is 1. The molecule has 5 nitrogen and oxygen atoms in total. The van der Waals surface area contributed by atoms with Gasteiger partial charge in [-0.2, -0.15) is 0 Å². The van der Waals surface area contributed by atoms with E-state index in [9.17, 15) is 9.59 Å². The van der Waals surface area contributed by atoms with E-state index in [4.69, 9.17) is 11.6 Å². The van der Waals surface area contributed by atoms with Crippen molar-refractivity contribution in [3.63, 3.8) is 0 Å². The van der Waals surface area contributed by atoms with E-state index in [2.05, 4.69) is 15.3 Å². The maximum Gasteiger partial charge on any atom is 0.251 e. The third kappa shape index (κ3) is 5.11. The molecule has 1 heterocycles. The fourth-order valence-corrected chi connectivity index (χ4v) is 3.07. The summed E-state index contributed by atoms with van der Waals surface area (Å²) in [5, 5.41) is 3.47. The summed E-state index contributed by atoms with van der Waals surface area (Å²) in [7, 11) is 0. The standard InChI is InChI=1S/C17H20ClN3O2S/c1-4-5-12-9-15(22)21-17(20-12)24-11(3)16(23)19-13-7-6-10(2)14(18)8-13/h6-9,11H,4-5H2,1-3H3,(H,19,23)(H,20,21,22). The zero-order valence-electron chi connectivity index (χ0n) is 13.9. The van der Waals surface area contributed by atoms with Gasteiger partial charge in [-0.3, -0.25) is 9.59 Å². The van der Waals surface area contributed by atoms with Crippen LogP contribution in [0.2, 0.25) is 5.02 Å². The molecule has 0 saturated carbocycles. The van der Waals surface area contributed by atoms with E-state index in [0.29, 0.717) is 15.9 Å². The second kappa shape index (κ2) is 8.35. The molecule has 1 aromatic carbocycles. The number of carbonyl (C=O) groups is 1. The van der Waals surface area contributed by atoms with E-state index < -0.39 is 5.25 Å². The molecule has 128 valence electrons. The van der Waals surface area contributed by atoms with Gasteiger partial charge < -0.3 is 10.3 Å². The highest BCUT2D eigenvalue weighted by Gasteiger charge is 2.16. The number of rotatable bonds is 6. The lowest BCUT2D eigenvalue weighted by atomic mass is 10.2.